The molecule has 0 aliphatic carbocycles. The lowest BCUT2D eigenvalue weighted by atomic mass is 10.00. The summed E-state index contributed by atoms with van der Waals surface area (Å²) in [5.74, 6) is 0. The molecule has 1 atom stereocenters. The van der Waals surface area contributed by atoms with E-state index in [1.807, 2.05) is 0 Å². The van der Waals surface area contributed by atoms with Gasteiger partial charge in [0.25, 0.3) is 0 Å². The van der Waals surface area contributed by atoms with Crippen LogP contribution in [0.1, 0.15) is 20.8 Å². The van der Waals surface area contributed by atoms with Gasteiger partial charge in [-0.2, -0.15) is 0 Å². The first-order valence-electron chi connectivity index (χ1n) is 5.05. The molecule has 3 nitrogen and oxygen atoms in total. The average molecular weight is 186 g/mol. The van der Waals surface area contributed by atoms with Gasteiger partial charge in [0.2, 0.25) is 0 Å². The molecule has 1 fully saturated rings. The predicted octanol–water partition coefficient (Wildman–Crippen LogP) is 0.705. The highest BCUT2D eigenvalue weighted by atomic mass is 16.5. The largest absolute Gasteiger partial charge is 0.380 e. The van der Waals surface area contributed by atoms with Gasteiger partial charge in [-0.25, -0.2) is 0 Å². The van der Waals surface area contributed by atoms with Crippen molar-refractivity contribution in [1.82, 2.24) is 10.2 Å². The summed E-state index contributed by atoms with van der Waals surface area (Å²) in [6.07, 6.45) is 0.331. The van der Waals surface area contributed by atoms with Crippen molar-refractivity contribution < 1.29 is 4.74 Å². The minimum absolute atomic E-state index is 0.269. The molecule has 0 aromatic carbocycles. The number of methoxy groups -OCH3 is 1. The van der Waals surface area contributed by atoms with Crippen LogP contribution in [-0.4, -0.2) is 49.8 Å². The van der Waals surface area contributed by atoms with E-state index < -0.39 is 0 Å². The molecule has 0 aromatic rings. The fourth-order valence-electron chi connectivity index (χ4n) is 1.75. The third kappa shape index (κ3) is 2.93. The molecule has 1 rings (SSSR count). The standard InChI is InChI=1S/C10H22N2O/c1-9(13-4)7-12-6-5-11-8-10(12,2)3/h9,11H,5-8H2,1-4H3. The van der Waals surface area contributed by atoms with Gasteiger partial charge < -0.3 is 10.1 Å². The maximum absolute atomic E-state index is 5.28. The van der Waals surface area contributed by atoms with Crippen molar-refractivity contribution in [3.63, 3.8) is 0 Å². The summed E-state index contributed by atoms with van der Waals surface area (Å²) >= 11 is 0. The molecule has 0 radical (unpaired) electrons. The van der Waals surface area contributed by atoms with E-state index in [4.69, 9.17) is 4.74 Å². The lowest BCUT2D eigenvalue weighted by Gasteiger charge is -2.43. The third-order valence-electron chi connectivity index (χ3n) is 2.85. The van der Waals surface area contributed by atoms with Gasteiger partial charge in [-0.15, -0.1) is 0 Å². The first-order chi connectivity index (χ1) is 6.06. The van der Waals surface area contributed by atoms with Crippen LogP contribution in [0, 0.1) is 0 Å². The SMILES string of the molecule is COC(C)CN1CCNCC1(C)C. The van der Waals surface area contributed by atoms with E-state index in [0.29, 0.717) is 6.10 Å². The Labute approximate surface area is 81.4 Å². The fourth-order valence-corrected chi connectivity index (χ4v) is 1.75. The van der Waals surface area contributed by atoms with E-state index in [2.05, 4.69) is 31.0 Å². The Morgan fingerprint density at radius 3 is 2.77 bits per heavy atom. The number of nitrogens with zero attached hydrogens (tertiary/aromatic N) is 1. The highest BCUT2D eigenvalue weighted by Gasteiger charge is 2.29. The van der Waals surface area contributed by atoms with E-state index in [0.717, 1.165) is 26.2 Å². The molecule has 1 unspecified atom stereocenters. The van der Waals surface area contributed by atoms with Crippen molar-refractivity contribution in [3.8, 4) is 0 Å². The van der Waals surface area contributed by atoms with Gasteiger partial charge in [-0.05, 0) is 20.8 Å². The predicted molar refractivity (Wildman–Crippen MR) is 55.0 cm³/mol. The maximum Gasteiger partial charge on any atom is 0.0670 e. The summed E-state index contributed by atoms with van der Waals surface area (Å²) in [7, 11) is 1.78. The van der Waals surface area contributed by atoms with Crippen LogP contribution in [-0.2, 0) is 4.74 Å². The van der Waals surface area contributed by atoms with Gasteiger partial charge in [0.1, 0.15) is 0 Å². The molecule has 0 bridgehead atoms. The quantitative estimate of drug-likeness (QED) is 0.702. The molecule has 1 saturated heterocycles. The van der Waals surface area contributed by atoms with E-state index in [1.54, 1.807) is 7.11 Å². The summed E-state index contributed by atoms with van der Waals surface area (Å²) < 4.78 is 5.28. The zero-order chi connectivity index (χ0) is 9.90. The number of hydrogen-bond acceptors (Lipinski definition) is 3. The van der Waals surface area contributed by atoms with Crippen molar-refractivity contribution in [2.24, 2.45) is 0 Å². The normalized spacial score (nSPS) is 25.8. The first-order valence-corrected chi connectivity index (χ1v) is 5.05. The number of ether oxygens (including phenoxy) is 1. The summed E-state index contributed by atoms with van der Waals surface area (Å²) in [6.45, 7) is 11.0. The zero-order valence-electron chi connectivity index (χ0n) is 9.26. The minimum Gasteiger partial charge on any atom is -0.380 e. The van der Waals surface area contributed by atoms with Crippen LogP contribution >= 0.6 is 0 Å². The van der Waals surface area contributed by atoms with E-state index >= 15 is 0 Å². The molecule has 1 aliphatic rings. The molecular formula is C10H22N2O. The van der Waals surface area contributed by atoms with E-state index in [9.17, 15) is 0 Å². The van der Waals surface area contributed by atoms with Gasteiger partial charge in [-0.1, -0.05) is 0 Å². The third-order valence-corrected chi connectivity index (χ3v) is 2.85. The second-order valence-corrected chi connectivity index (χ2v) is 4.48. The molecule has 0 spiro atoms. The van der Waals surface area contributed by atoms with Crippen LogP contribution < -0.4 is 5.32 Å². The Hall–Kier alpha value is -0.120. The Morgan fingerprint density at radius 1 is 1.54 bits per heavy atom. The molecule has 1 heterocycles. The van der Waals surface area contributed by atoms with E-state index in [-0.39, 0.29) is 5.54 Å². The maximum atomic E-state index is 5.28. The van der Waals surface area contributed by atoms with E-state index in [1.165, 1.54) is 0 Å². The Morgan fingerprint density at radius 2 is 2.23 bits per heavy atom. The summed E-state index contributed by atoms with van der Waals surface area (Å²) in [6, 6.07) is 0. The van der Waals surface area contributed by atoms with Crippen LogP contribution in [0.15, 0.2) is 0 Å². The summed E-state index contributed by atoms with van der Waals surface area (Å²) in [5.41, 5.74) is 0.269. The minimum atomic E-state index is 0.269. The molecule has 3 heteroatoms. The Balaban J connectivity index is 2.46. The topological polar surface area (TPSA) is 24.5 Å². The number of rotatable bonds is 3. The zero-order valence-corrected chi connectivity index (χ0v) is 9.26. The second-order valence-electron chi connectivity index (χ2n) is 4.48. The van der Waals surface area contributed by atoms with Crippen molar-refractivity contribution >= 4 is 0 Å². The Bertz CT molecular complexity index is 159. The number of piperazine rings is 1. The highest BCUT2D eigenvalue weighted by molar-refractivity contribution is 4.88. The monoisotopic (exact) mass is 186 g/mol. The summed E-state index contributed by atoms with van der Waals surface area (Å²) in [4.78, 5) is 2.50. The fraction of sp³-hybridized carbons (Fsp3) is 1.00. The number of nitrogens with one attached hydrogen (secondary N) is 1. The van der Waals surface area contributed by atoms with Crippen LogP contribution in [0.2, 0.25) is 0 Å². The Kier molecular flexibility index (Phi) is 3.71. The van der Waals surface area contributed by atoms with Gasteiger partial charge in [0.05, 0.1) is 6.10 Å². The molecule has 1 aliphatic heterocycles. The molecule has 0 aromatic heterocycles. The van der Waals surface area contributed by atoms with Crippen LogP contribution in [0.4, 0.5) is 0 Å². The van der Waals surface area contributed by atoms with Gasteiger partial charge in [0, 0.05) is 38.8 Å². The molecule has 1 N–H and O–H groups in total. The second kappa shape index (κ2) is 4.40. The molecule has 0 saturated carbocycles. The number of hydrogen-bond donors (Lipinski definition) is 1. The summed E-state index contributed by atoms with van der Waals surface area (Å²) in [5, 5.41) is 3.41. The highest BCUT2D eigenvalue weighted by Crippen LogP contribution is 2.16. The van der Waals surface area contributed by atoms with Crippen LogP contribution in [0.5, 0.6) is 0 Å². The van der Waals surface area contributed by atoms with Crippen molar-refractivity contribution in [3.05, 3.63) is 0 Å². The van der Waals surface area contributed by atoms with Crippen molar-refractivity contribution in [2.45, 2.75) is 32.4 Å². The molecule has 0 amide bonds. The van der Waals surface area contributed by atoms with Gasteiger partial charge in [0.15, 0.2) is 0 Å². The van der Waals surface area contributed by atoms with Crippen LogP contribution in [0.3, 0.4) is 0 Å². The lowest BCUT2D eigenvalue weighted by molar-refractivity contribution is 0.0209. The lowest BCUT2D eigenvalue weighted by Crippen LogP contribution is -2.59. The molecule has 13 heavy (non-hydrogen) atoms. The van der Waals surface area contributed by atoms with Crippen molar-refractivity contribution in [2.75, 3.05) is 33.3 Å². The van der Waals surface area contributed by atoms with Crippen LogP contribution in [0.25, 0.3) is 0 Å². The molecule has 78 valence electrons. The van der Waals surface area contributed by atoms with Crippen molar-refractivity contribution in [1.29, 1.82) is 0 Å². The van der Waals surface area contributed by atoms with Gasteiger partial charge in [-0.3, -0.25) is 4.90 Å². The average Bonchev–Trinajstić information content (AvgIpc) is 2.08. The molecular weight excluding hydrogens is 164 g/mol. The smallest absolute Gasteiger partial charge is 0.0670 e. The van der Waals surface area contributed by atoms with Gasteiger partial charge >= 0.3 is 0 Å². The first kappa shape index (κ1) is 11.0.